The maximum absolute atomic E-state index is 5.94. The molecule has 2 rings (SSSR count). The zero-order valence-electron chi connectivity index (χ0n) is 9.07. The van der Waals surface area contributed by atoms with Gasteiger partial charge in [0, 0.05) is 0 Å². The van der Waals surface area contributed by atoms with E-state index in [-0.39, 0.29) is 5.60 Å². The molecule has 0 fully saturated rings. The summed E-state index contributed by atoms with van der Waals surface area (Å²) in [7, 11) is 0. The van der Waals surface area contributed by atoms with Gasteiger partial charge < -0.3 is 4.74 Å². The number of hydrogen-bond donors (Lipinski definition) is 0. The van der Waals surface area contributed by atoms with E-state index in [4.69, 9.17) is 4.74 Å². The lowest BCUT2D eigenvalue weighted by Crippen LogP contribution is -2.26. The van der Waals surface area contributed by atoms with Crippen LogP contribution in [0.3, 0.4) is 0 Å². The third kappa shape index (κ3) is 2.30. The molecule has 78 valence electrons. The fourth-order valence-electron chi connectivity index (χ4n) is 1.81. The van der Waals surface area contributed by atoms with Gasteiger partial charge in [0.2, 0.25) is 0 Å². The molecule has 0 heterocycles. The van der Waals surface area contributed by atoms with Crippen molar-refractivity contribution in [2.45, 2.75) is 25.4 Å². The van der Waals surface area contributed by atoms with Gasteiger partial charge in [0.15, 0.2) is 0 Å². The largest absolute Gasteiger partial charge is 0.484 e. The molecule has 1 heteroatoms. The Morgan fingerprint density at radius 1 is 1.33 bits per heavy atom. The van der Waals surface area contributed by atoms with E-state index >= 15 is 0 Å². The molecule has 0 saturated carbocycles. The van der Waals surface area contributed by atoms with E-state index in [0.29, 0.717) is 0 Å². The van der Waals surface area contributed by atoms with Gasteiger partial charge in [-0.15, -0.1) is 0 Å². The predicted octanol–water partition coefficient (Wildman–Crippen LogP) is 3.82. The number of allylic oxidation sites excluding steroid dienone is 1. The molecule has 0 aromatic heterocycles. The minimum atomic E-state index is -0.115. The first-order chi connectivity index (χ1) is 7.22. The van der Waals surface area contributed by atoms with Crippen LogP contribution in [0.5, 0.6) is 5.75 Å². The van der Waals surface area contributed by atoms with E-state index in [0.717, 1.165) is 24.2 Å². The second kappa shape index (κ2) is 3.93. The lowest BCUT2D eigenvalue weighted by atomic mass is 10.1. The average molecular weight is 200 g/mol. The number of rotatable bonds is 3. The Labute approximate surface area is 91.1 Å². The smallest absolute Gasteiger partial charge is 0.125 e. The average Bonchev–Trinajstić information content (AvgIpc) is 2.66. The highest BCUT2D eigenvalue weighted by atomic mass is 16.5. The molecule has 1 aromatic carbocycles. The highest BCUT2D eigenvalue weighted by Gasteiger charge is 2.25. The van der Waals surface area contributed by atoms with E-state index in [2.05, 4.69) is 25.7 Å². The summed E-state index contributed by atoms with van der Waals surface area (Å²) in [6.07, 6.45) is 8.34. The van der Waals surface area contributed by atoms with E-state index < -0.39 is 0 Å². The highest BCUT2D eigenvalue weighted by Crippen LogP contribution is 2.28. The van der Waals surface area contributed by atoms with Gasteiger partial charge in [-0.25, -0.2) is 0 Å². The summed E-state index contributed by atoms with van der Waals surface area (Å²) in [6, 6.07) is 8.03. The summed E-state index contributed by atoms with van der Waals surface area (Å²) in [5, 5.41) is 0. The molecule has 0 radical (unpaired) electrons. The van der Waals surface area contributed by atoms with E-state index in [1.54, 1.807) is 0 Å². The second-order valence-electron chi connectivity index (χ2n) is 4.13. The van der Waals surface area contributed by atoms with Gasteiger partial charge in [-0.3, -0.25) is 0 Å². The Morgan fingerprint density at radius 2 is 2.07 bits per heavy atom. The standard InChI is InChI=1S/C14H16O/c1-3-12-6-8-13(9-7-12)15-14(2)10-4-5-11-14/h3-4,6-10H,1,5,11H2,2H3. The minimum absolute atomic E-state index is 0.115. The monoisotopic (exact) mass is 200 g/mol. The summed E-state index contributed by atoms with van der Waals surface area (Å²) in [5.41, 5.74) is 1.00. The van der Waals surface area contributed by atoms with Crippen LogP contribution in [0.15, 0.2) is 43.0 Å². The SMILES string of the molecule is C=Cc1ccc(OC2(C)C=CCC2)cc1. The number of benzene rings is 1. The first-order valence-electron chi connectivity index (χ1n) is 5.31. The molecule has 1 nitrogen and oxygen atoms in total. The van der Waals surface area contributed by atoms with Crippen LogP contribution in [0.25, 0.3) is 6.08 Å². The minimum Gasteiger partial charge on any atom is -0.484 e. The molecule has 0 amide bonds. The van der Waals surface area contributed by atoms with Crippen molar-refractivity contribution in [1.82, 2.24) is 0 Å². The number of ether oxygens (including phenoxy) is 1. The van der Waals surface area contributed by atoms with Crippen molar-refractivity contribution in [3.8, 4) is 5.75 Å². The number of hydrogen-bond acceptors (Lipinski definition) is 1. The van der Waals surface area contributed by atoms with Gasteiger partial charge in [-0.2, -0.15) is 0 Å². The second-order valence-corrected chi connectivity index (χ2v) is 4.13. The van der Waals surface area contributed by atoms with Crippen molar-refractivity contribution in [2.75, 3.05) is 0 Å². The molecule has 1 unspecified atom stereocenters. The van der Waals surface area contributed by atoms with Crippen LogP contribution < -0.4 is 4.74 Å². The molecular weight excluding hydrogens is 184 g/mol. The van der Waals surface area contributed by atoms with Gasteiger partial charge >= 0.3 is 0 Å². The van der Waals surface area contributed by atoms with Crippen molar-refractivity contribution >= 4 is 6.08 Å². The van der Waals surface area contributed by atoms with Crippen molar-refractivity contribution in [2.24, 2.45) is 0 Å². The Balaban J connectivity index is 2.10. The van der Waals surface area contributed by atoms with Crippen molar-refractivity contribution in [3.63, 3.8) is 0 Å². The van der Waals surface area contributed by atoms with Crippen LogP contribution in [0, 0.1) is 0 Å². The fourth-order valence-corrected chi connectivity index (χ4v) is 1.81. The van der Waals surface area contributed by atoms with Crippen molar-refractivity contribution < 1.29 is 4.74 Å². The van der Waals surface area contributed by atoms with E-state index in [9.17, 15) is 0 Å². The summed E-state index contributed by atoms with van der Waals surface area (Å²) < 4.78 is 5.94. The van der Waals surface area contributed by atoms with Crippen molar-refractivity contribution in [1.29, 1.82) is 0 Å². The Hall–Kier alpha value is -1.50. The van der Waals surface area contributed by atoms with Gasteiger partial charge in [0.05, 0.1) is 0 Å². The Morgan fingerprint density at radius 3 is 2.60 bits per heavy atom. The lowest BCUT2D eigenvalue weighted by molar-refractivity contribution is 0.140. The third-order valence-corrected chi connectivity index (χ3v) is 2.74. The van der Waals surface area contributed by atoms with Gasteiger partial charge in [-0.1, -0.05) is 30.9 Å². The molecule has 15 heavy (non-hydrogen) atoms. The zero-order chi connectivity index (χ0) is 10.7. The van der Waals surface area contributed by atoms with Gasteiger partial charge in [-0.05, 0) is 43.5 Å². The molecule has 0 spiro atoms. The molecule has 1 aliphatic rings. The Kier molecular flexibility index (Phi) is 2.63. The molecule has 0 bridgehead atoms. The molecular formula is C14H16O. The maximum atomic E-state index is 5.94. The first kappa shape index (κ1) is 10.0. The highest BCUT2D eigenvalue weighted by molar-refractivity contribution is 5.48. The quantitative estimate of drug-likeness (QED) is 0.674. The topological polar surface area (TPSA) is 9.23 Å². The molecule has 0 saturated heterocycles. The lowest BCUT2D eigenvalue weighted by Gasteiger charge is -2.24. The van der Waals surface area contributed by atoms with Gasteiger partial charge in [0.1, 0.15) is 11.4 Å². The van der Waals surface area contributed by atoms with E-state index in [1.807, 2.05) is 30.3 Å². The van der Waals surface area contributed by atoms with Crippen LogP contribution in [0.2, 0.25) is 0 Å². The normalized spacial score (nSPS) is 24.1. The predicted molar refractivity (Wildman–Crippen MR) is 63.9 cm³/mol. The fraction of sp³-hybridized carbons (Fsp3) is 0.286. The van der Waals surface area contributed by atoms with E-state index in [1.165, 1.54) is 0 Å². The van der Waals surface area contributed by atoms with Crippen LogP contribution in [-0.2, 0) is 0 Å². The van der Waals surface area contributed by atoms with Crippen LogP contribution in [0.1, 0.15) is 25.3 Å². The van der Waals surface area contributed by atoms with Crippen LogP contribution >= 0.6 is 0 Å². The maximum Gasteiger partial charge on any atom is 0.125 e. The van der Waals surface area contributed by atoms with Gasteiger partial charge in [0.25, 0.3) is 0 Å². The van der Waals surface area contributed by atoms with Crippen LogP contribution in [0.4, 0.5) is 0 Å². The third-order valence-electron chi connectivity index (χ3n) is 2.74. The molecule has 1 aliphatic carbocycles. The zero-order valence-corrected chi connectivity index (χ0v) is 9.07. The summed E-state index contributed by atoms with van der Waals surface area (Å²) >= 11 is 0. The summed E-state index contributed by atoms with van der Waals surface area (Å²) in [5.74, 6) is 0.926. The first-order valence-corrected chi connectivity index (χ1v) is 5.31. The molecule has 1 atom stereocenters. The summed E-state index contributed by atoms with van der Waals surface area (Å²) in [4.78, 5) is 0. The molecule has 0 aliphatic heterocycles. The van der Waals surface area contributed by atoms with Crippen molar-refractivity contribution in [3.05, 3.63) is 48.6 Å². The molecule has 1 aromatic rings. The van der Waals surface area contributed by atoms with Crippen LogP contribution in [-0.4, -0.2) is 5.60 Å². The Bertz CT molecular complexity index is 375. The summed E-state index contributed by atoms with van der Waals surface area (Å²) in [6.45, 7) is 5.85. The molecule has 0 N–H and O–H groups in total.